The average Bonchev–Trinajstić information content (AvgIpc) is 2.59. The molecule has 0 aliphatic carbocycles. The van der Waals surface area contributed by atoms with Crippen molar-refractivity contribution in [3.63, 3.8) is 0 Å². The SMILES string of the molecule is CC(N)C(=O)c1c[nH]c2cc(Br)ccc12. The molecule has 0 aliphatic rings. The molecule has 3 nitrogen and oxygen atoms in total. The van der Waals surface area contributed by atoms with E-state index in [-0.39, 0.29) is 5.78 Å². The summed E-state index contributed by atoms with van der Waals surface area (Å²) in [6, 6.07) is 5.29. The minimum Gasteiger partial charge on any atom is -0.360 e. The third kappa shape index (κ3) is 1.82. The molecule has 1 aromatic carbocycles. The predicted octanol–water partition coefficient (Wildman–Crippen LogP) is 2.46. The van der Waals surface area contributed by atoms with Crippen molar-refractivity contribution in [2.24, 2.45) is 5.73 Å². The number of ketones is 1. The molecule has 0 aliphatic heterocycles. The lowest BCUT2D eigenvalue weighted by Gasteiger charge is -2.02. The average molecular weight is 267 g/mol. The van der Waals surface area contributed by atoms with Crippen molar-refractivity contribution >= 4 is 32.6 Å². The van der Waals surface area contributed by atoms with Crippen LogP contribution in [0.2, 0.25) is 0 Å². The Morgan fingerprint density at radius 2 is 2.27 bits per heavy atom. The minimum absolute atomic E-state index is 0.0384. The smallest absolute Gasteiger partial charge is 0.181 e. The van der Waals surface area contributed by atoms with Gasteiger partial charge < -0.3 is 10.7 Å². The molecule has 0 saturated heterocycles. The summed E-state index contributed by atoms with van der Waals surface area (Å²) in [5, 5.41) is 0.917. The third-order valence-electron chi connectivity index (χ3n) is 2.32. The first-order valence-corrected chi connectivity index (χ1v) is 5.45. The zero-order valence-corrected chi connectivity index (χ0v) is 9.84. The summed E-state index contributed by atoms with van der Waals surface area (Å²) >= 11 is 3.38. The maximum Gasteiger partial charge on any atom is 0.181 e. The summed E-state index contributed by atoms with van der Waals surface area (Å²) in [7, 11) is 0. The van der Waals surface area contributed by atoms with Crippen LogP contribution in [-0.4, -0.2) is 16.8 Å². The van der Waals surface area contributed by atoms with Crippen LogP contribution in [0.4, 0.5) is 0 Å². The zero-order valence-electron chi connectivity index (χ0n) is 8.25. The number of carbonyl (C=O) groups is 1. The Morgan fingerprint density at radius 3 is 2.93 bits per heavy atom. The van der Waals surface area contributed by atoms with Crippen LogP contribution in [0, 0.1) is 0 Å². The standard InChI is InChI=1S/C11H11BrN2O/c1-6(13)11(15)9-5-14-10-4-7(12)2-3-8(9)10/h2-6,14H,13H2,1H3. The number of nitrogens with one attached hydrogen (secondary N) is 1. The highest BCUT2D eigenvalue weighted by Crippen LogP contribution is 2.22. The van der Waals surface area contributed by atoms with E-state index in [1.165, 1.54) is 0 Å². The van der Waals surface area contributed by atoms with Gasteiger partial charge >= 0.3 is 0 Å². The number of halogens is 1. The molecule has 15 heavy (non-hydrogen) atoms. The number of carbonyl (C=O) groups excluding carboxylic acids is 1. The van der Waals surface area contributed by atoms with E-state index < -0.39 is 6.04 Å². The highest BCUT2D eigenvalue weighted by atomic mass is 79.9. The Labute approximate surface area is 95.8 Å². The summed E-state index contributed by atoms with van der Waals surface area (Å²) in [4.78, 5) is 14.8. The molecule has 0 radical (unpaired) electrons. The molecule has 78 valence electrons. The first kappa shape index (κ1) is 10.4. The van der Waals surface area contributed by atoms with Gasteiger partial charge in [-0.2, -0.15) is 0 Å². The van der Waals surface area contributed by atoms with Gasteiger partial charge in [-0.05, 0) is 19.1 Å². The Hall–Kier alpha value is -1.13. The van der Waals surface area contributed by atoms with E-state index >= 15 is 0 Å². The van der Waals surface area contributed by atoms with Gasteiger partial charge in [-0.1, -0.05) is 22.0 Å². The summed E-state index contributed by atoms with van der Waals surface area (Å²) < 4.78 is 0.983. The van der Waals surface area contributed by atoms with Crippen LogP contribution in [0.3, 0.4) is 0 Å². The van der Waals surface area contributed by atoms with E-state index in [0.29, 0.717) is 5.56 Å². The van der Waals surface area contributed by atoms with Crippen LogP contribution < -0.4 is 5.73 Å². The lowest BCUT2D eigenvalue weighted by Crippen LogP contribution is -2.26. The summed E-state index contributed by atoms with van der Waals surface area (Å²) in [5.74, 6) is -0.0384. The number of benzene rings is 1. The molecule has 1 aromatic heterocycles. The molecular weight excluding hydrogens is 256 g/mol. The fraction of sp³-hybridized carbons (Fsp3) is 0.182. The van der Waals surface area contributed by atoms with Gasteiger partial charge in [-0.15, -0.1) is 0 Å². The van der Waals surface area contributed by atoms with Gasteiger partial charge in [0.1, 0.15) is 0 Å². The van der Waals surface area contributed by atoms with E-state index in [4.69, 9.17) is 5.73 Å². The summed E-state index contributed by atoms with van der Waals surface area (Å²) in [6.45, 7) is 1.69. The van der Waals surface area contributed by atoms with Crippen LogP contribution in [-0.2, 0) is 0 Å². The predicted molar refractivity (Wildman–Crippen MR) is 64.0 cm³/mol. The van der Waals surface area contributed by atoms with Gasteiger partial charge in [-0.3, -0.25) is 4.79 Å². The summed E-state index contributed by atoms with van der Waals surface area (Å²) in [5.41, 5.74) is 7.17. The van der Waals surface area contributed by atoms with Crippen LogP contribution in [0.5, 0.6) is 0 Å². The number of H-pyrrole nitrogens is 1. The number of Topliss-reactive ketones (excluding diaryl/α,β-unsaturated/α-hetero) is 1. The van der Waals surface area contributed by atoms with Gasteiger partial charge in [-0.25, -0.2) is 0 Å². The molecule has 0 amide bonds. The Kier molecular flexibility index (Phi) is 2.63. The van der Waals surface area contributed by atoms with Crippen LogP contribution in [0.1, 0.15) is 17.3 Å². The second kappa shape index (κ2) is 3.79. The second-order valence-electron chi connectivity index (χ2n) is 3.55. The minimum atomic E-state index is -0.465. The molecule has 0 saturated carbocycles. The fourth-order valence-corrected chi connectivity index (χ4v) is 1.91. The Balaban J connectivity index is 2.59. The molecule has 2 rings (SSSR count). The van der Waals surface area contributed by atoms with E-state index in [0.717, 1.165) is 15.4 Å². The van der Waals surface area contributed by atoms with E-state index in [9.17, 15) is 4.79 Å². The lowest BCUT2D eigenvalue weighted by atomic mass is 10.1. The lowest BCUT2D eigenvalue weighted by molar-refractivity contribution is 0.0969. The molecule has 1 unspecified atom stereocenters. The molecule has 2 aromatic rings. The quantitative estimate of drug-likeness (QED) is 0.821. The molecule has 0 spiro atoms. The van der Waals surface area contributed by atoms with Crippen molar-refractivity contribution in [3.8, 4) is 0 Å². The highest BCUT2D eigenvalue weighted by molar-refractivity contribution is 9.10. The van der Waals surface area contributed by atoms with Gasteiger partial charge in [0.2, 0.25) is 0 Å². The second-order valence-corrected chi connectivity index (χ2v) is 4.46. The van der Waals surface area contributed by atoms with Crippen LogP contribution in [0.25, 0.3) is 10.9 Å². The maximum atomic E-state index is 11.7. The maximum absolute atomic E-state index is 11.7. The number of fused-ring (bicyclic) bond motifs is 1. The number of hydrogen-bond donors (Lipinski definition) is 2. The third-order valence-corrected chi connectivity index (χ3v) is 2.82. The van der Waals surface area contributed by atoms with Crippen LogP contribution in [0.15, 0.2) is 28.9 Å². The first-order valence-electron chi connectivity index (χ1n) is 4.66. The normalized spacial score (nSPS) is 13.0. The number of hydrogen-bond acceptors (Lipinski definition) is 2. The van der Waals surface area contributed by atoms with Gasteiger partial charge in [0, 0.05) is 27.1 Å². The van der Waals surface area contributed by atoms with Crippen molar-refractivity contribution in [3.05, 3.63) is 34.4 Å². The topological polar surface area (TPSA) is 58.9 Å². The van der Waals surface area contributed by atoms with Gasteiger partial charge in [0.15, 0.2) is 5.78 Å². The fourth-order valence-electron chi connectivity index (χ4n) is 1.55. The number of aromatic amines is 1. The Morgan fingerprint density at radius 1 is 1.53 bits per heavy atom. The number of nitrogens with two attached hydrogens (primary N) is 1. The van der Waals surface area contributed by atoms with Crippen LogP contribution >= 0.6 is 15.9 Å². The molecule has 0 fully saturated rings. The monoisotopic (exact) mass is 266 g/mol. The van der Waals surface area contributed by atoms with Crippen molar-refractivity contribution in [1.29, 1.82) is 0 Å². The number of rotatable bonds is 2. The van der Waals surface area contributed by atoms with Crippen molar-refractivity contribution < 1.29 is 4.79 Å². The molecule has 1 atom stereocenters. The molecule has 1 heterocycles. The van der Waals surface area contributed by atoms with Gasteiger partial charge in [0.25, 0.3) is 0 Å². The molecule has 0 bridgehead atoms. The van der Waals surface area contributed by atoms with E-state index in [1.807, 2.05) is 18.2 Å². The molecule has 4 heteroatoms. The zero-order chi connectivity index (χ0) is 11.0. The van der Waals surface area contributed by atoms with Crippen molar-refractivity contribution in [2.75, 3.05) is 0 Å². The largest absolute Gasteiger partial charge is 0.360 e. The van der Waals surface area contributed by atoms with Crippen molar-refractivity contribution in [2.45, 2.75) is 13.0 Å². The molecular formula is C11H11BrN2O. The summed E-state index contributed by atoms with van der Waals surface area (Å²) in [6.07, 6.45) is 1.71. The van der Waals surface area contributed by atoms with E-state index in [1.54, 1.807) is 13.1 Å². The molecule has 3 N–H and O–H groups in total. The van der Waals surface area contributed by atoms with Crippen molar-refractivity contribution in [1.82, 2.24) is 4.98 Å². The van der Waals surface area contributed by atoms with Gasteiger partial charge in [0.05, 0.1) is 6.04 Å². The highest BCUT2D eigenvalue weighted by Gasteiger charge is 2.15. The first-order chi connectivity index (χ1) is 7.09. The Bertz CT molecular complexity index is 516. The van der Waals surface area contributed by atoms with E-state index in [2.05, 4.69) is 20.9 Å². The number of aromatic nitrogens is 1.